The number of carbonyl (C=O) groups excluding carboxylic acids is 1. The van der Waals surface area contributed by atoms with Crippen molar-refractivity contribution >= 4 is 15.6 Å². The molecule has 0 amide bonds. The van der Waals surface area contributed by atoms with Crippen molar-refractivity contribution in [2.24, 2.45) is 0 Å². The van der Waals surface area contributed by atoms with Gasteiger partial charge in [-0.1, -0.05) is 18.2 Å². The maximum absolute atomic E-state index is 12.4. The summed E-state index contributed by atoms with van der Waals surface area (Å²) in [7, 11) is -3.92. The Morgan fingerprint density at radius 1 is 1.20 bits per heavy atom. The van der Waals surface area contributed by atoms with E-state index in [1.165, 1.54) is 30.5 Å². The third kappa shape index (κ3) is 2.63. The van der Waals surface area contributed by atoms with Gasteiger partial charge in [0.2, 0.25) is 5.78 Å². The molecule has 6 heteroatoms. The number of nitrogens with zero attached hydrogens (tertiary/aromatic N) is 1. The van der Waals surface area contributed by atoms with Gasteiger partial charge in [0, 0.05) is 0 Å². The van der Waals surface area contributed by atoms with Crippen LogP contribution in [0.4, 0.5) is 0 Å². The molecule has 1 unspecified atom stereocenters. The van der Waals surface area contributed by atoms with E-state index in [1.54, 1.807) is 24.3 Å². The van der Waals surface area contributed by atoms with Crippen molar-refractivity contribution in [1.29, 1.82) is 5.26 Å². The van der Waals surface area contributed by atoms with Gasteiger partial charge >= 0.3 is 0 Å². The minimum Gasteiger partial charge on any atom is -0.461 e. The zero-order valence-electron chi connectivity index (χ0n) is 10.4. The number of ketones is 1. The third-order valence-corrected chi connectivity index (χ3v) is 4.84. The number of furan rings is 1. The van der Waals surface area contributed by atoms with Crippen LogP contribution in [0, 0.1) is 11.3 Å². The lowest BCUT2D eigenvalue weighted by Crippen LogP contribution is -2.30. The second kappa shape index (κ2) is 5.72. The third-order valence-electron chi connectivity index (χ3n) is 2.78. The minimum absolute atomic E-state index is 0.0140. The summed E-state index contributed by atoms with van der Waals surface area (Å²) in [6.45, 7) is 0. The Labute approximate surface area is 116 Å². The number of hydrogen-bond donors (Lipinski definition) is 0. The standard InChI is InChI=1S/C14H11NO4S/c15-9-8-13(14(16)12-7-4-10-19-12)20(17,18)11-5-2-1-3-6-11/h1-7,10,13H,8H2. The molecule has 0 saturated heterocycles. The molecule has 0 aliphatic rings. The maximum atomic E-state index is 12.4. The van der Waals surface area contributed by atoms with Gasteiger partial charge in [0.15, 0.2) is 15.6 Å². The van der Waals surface area contributed by atoms with Crippen LogP contribution in [0.5, 0.6) is 0 Å². The number of sulfone groups is 1. The highest BCUT2D eigenvalue weighted by molar-refractivity contribution is 7.92. The monoisotopic (exact) mass is 289 g/mol. The highest BCUT2D eigenvalue weighted by Crippen LogP contribution is 2.21. The van der Waals surface area contributed by atoms with Gasteiger partial charge in [0.05, 0.1) is 23.6 Å². The van der Waals surface area contributed by atoms with E-state index in [2.05, 4.69) is 0 Å². The van der Waals surface area contributed by atoms with Gasteiger partial charge in [0.25, 0.3) is 0 Å². The van der Waals surface area contributed by atoms with Gasteiger partial charge < -0.3 is 4.42 Å². The van der Waals surface area contributed by atoms with Crippen LogP contribution >= 0.6 is 0 Å². The van der Waals surface area contributed by atoms with Crippen LogP contribution in [-0.4, -0.2) is 19.5 Å². The fourth-order valence-electron chi connectivity index (χ4n) is 1.78. The highest BCUT2D eigenvalue weighted by Gasteiger charge is 2.35. The number of carbonyl (C=O) groups is 1. The lowest BCUT2D eigenvalue weighted by molar-refractivity contribution is 0.0961. The molecule has 1 heterocycles. The molecule has 0 radical (unpaired) electrons. The van der Waals surface area contributed by atoms with E-state index < -0.39 is 27.3 Å². The Morgan fingerprint density at radius 2 is 1.90 bits per heavy atom. The van der Waals surface area contributed by atoms with E-state index in [0.29, 0.717) is 0 Å². The number of hydrogen-bond acceptors (Lipinski definition) is 5. The largest absolute Gasteiger partial charge is 0.461 e. The predicted octanol–water partition coefficient (Wildman–Crippen LogP) is 2.22. The Morgan fingerprint density at radius 3 is 2.45 bits per heavy atom. The van der Waals surface area contributed by atoms with Crippen molar-refractivity contribution in [3.05, 3.63) is 54.5 Å². The van der Waals surface area contributed by atoms with Crippen molar-refractivity contribution in [3.63, 3.8) is 0 Å². The van der Waals surface area contributed by atoms with E-state index in [-0.39, 0.29) is 10.7 Å². The Balaban J connectivity index is 2.44. The molecule has 0 aliphatic heterocycles. The van der Waals surface area contributed by atoms with Crippen LogP contribution in [0.15, 0.2) is 58.0 Å². The summed E-state index contributed by atoms with van der Waals surface area (Å²) in [5.74, 6) is -0.773. The van der Waals surface area contributed by atoms with Crippen molar-refractivity contribution < 1.29 is 17.6 Å². The number of rotatable bonds is 5. The van der Waals surface area contributed by atoms with Crippen LogP contribution in [0.25, 0.3) is 0 Å². The van der Waals surface area contributed by atoms with Crippen LogP contribution in [0.2, 0.25) is 0 Å². The van der Waals surface area contributed by atoms with E-state index in [4.69, 9.17) is 9.68 Å². The zero-order chi connectivity index (χ0) is 14.6. The molecule has 5 nitrogen and oxygen atoms in total. The minimum atomic E-state index is -3.92. The molecule has 0 saturated carbocycles. The van der Waals surface area contributed by atoms with Crippen LogP contribution in [0.1, 0.15) is 17.0 Å². The average Bonchev–Trinajstić information content (AvgIpc) is 2.99. The molecule has 2 aromatic rings. The number of benzene rings is 1. The van der Waals surface area contributed by atoms with Gasteiger partial charge in [-0.25, -0.2) is 8.42 Å². The summed E-state index contributed by atoms with van der Waals surface area (Å²) in [6, 6.07) is 12.2. The summed E-state index contributed by atoms with van der Waals surface area (Å²) >= 11 is 0. The molecular weight excluding hydrogens is 278 g/mol. The van der Waals surface area contributed by atoms with Crippen molar-refractivity contribution in [2.45, 2.75) is 16.6 Å². The average molecular weight is 289 g/mol. The molecule has 1 atom stereocenters. The Bertz CT molecular complexity index is 727. The van der Waals surface area contributed by atoms with Gasteiger partial charge in [-0.2, -0.15) is 5.26 Å². The van der Waals surface area contributed by atoms with E-state index in [9.17, 15) is 13.2 Å². The molecule has 0 aliphatic carbocycles. The summed E-state index contributed by atoms with van der Waals surface area (Å²) in [6.07, 6.45) is 0.864. The van der Waals surface area contributed by atoms with Crippen molar-refractivity contribution in [3.8, 4) is 6.07 Å². The van der Waals surface area contributed by atoms with E-state index >= 15 is 0 Å². The zero-order valence-corrected chi connectivity index (χ0v) is 11.2. The first-order valence-corrected chi connectivity index (χ1v) is 7.35. The molecule has 0 fully saturated rings. The Kier molecular flexibility index (Phi) is 4.01. The SMILES string of the molecule is N#CCC(C(=O)c1ccco1)S(=O)(=O)c1ccccc1. The van der Waals surface area contributed by atoms with Crippen LogP contribution < -0.4 is 0 Å². The normalized spacial score (nSPS) is 12.6. The summed E-state index contributed by atoms with van der Waals surface area (Å²) in [5, 5.41) is 7.34. The number of nitriles is 1. The van der Waals surface area contributed by atoms with Gasteiger partial charge in [-0.3, -0.25) is 4.79 Å². The van der Waals surface area contributed by atoms with Gasteiger partial charge in [-0.05, 0) is 24.3 Å². The lowest BCUT2D eigenvalue weighted by Gasteiger charge is -2.12. The predicted molar refractivity (Wildman–Crippen MR) is 70.7 cm³/mol. The topological polar surface area (TPSA) is 88.1 Å². The quantitative estimate of drug-likeness (QED) is 0.787. The fraction of sp³-hybridized carbons (Fsp3) is 0.143. The molecule has 0 bridgehead atoms. The molecule has 2 rings (SSSR count). The molecule has 20 heavy (non-hydrogen) atoms. The lowest BCUT2D eigenvalue weighted by atomic mass is 10.2. The first kappa shape index (κ1) is 14.0. The summed E-state index contributed by atoms with van der Waals surface area (Å²) in [5.41, 5.74) is 0. The van der Waals surface area contributed by atoms with Gasteiger partial charge in [0.1, 0.15) is 5.25 Å². The Hall–Kier alpha value is -2.39. The second-order valence-corrected chi connectivity index (χ2v) is 6.18. The molecule has 0 spiro atoms. The first-order chi connectivity index (χ1) is 9.57. The first-order valence-electron chi connectivity index (χ1n) is 5.81. The van der Waals surface area contributed by atoms with Crippen LogP contribution in [-0.2, 0) is 9.84 Å². The van der Waals surface area contributed by atoms with E-state index in [1.807, 2.05) is 0 Å². The maximum Gasteiger partial charge on any atom is 0.217 e. The fourth-order valence-corrected chi connectivity index (χ4v) is 3.34. The summed E-state index contributed by atoms with van der Waals surface area (Å²) in [4.78, 5) is 12.2. The second-order valence-electron chi connectivity index (χ2n) is 4.05. The van der Waals surface area contributed by atoms with Gasteiger partial charge in [-0.15, -0.1) is 0 Å². The molecule has 102 valence electrons. The van der Waals surface area contributed by atoms with E-state index in [0.717, 1.165) is 0 Å². The molecule has 1 aromatic heterocycles. The smallest absolute Gasteiger partial charge is 0.217 e. The highest BCUT2D eigenvalue weighted by atomic mass is 32.2. The van der Waals surface area contributed by atoms with Crippen molar-refractivity contribution in [2.75, 3.05) is 0 Å². The number of Topliss-reactive ketones (excluding diaryl/α,β-unsaturated/α-hetero) is 1. The summed E-state index contributed by atoms with van der Waals surface area (Å²) < 4.78 is 29.8. The molecular formula is C14H11NO4S. The van der Waals surface area contributed by atoms with Crippen molar-refractivity contribution in [1.82, 2.24) is 0 Å². The molecule has 1 aromatic carbocycles. The van der Waals surface area contributed by atoms with Crippen LogP contribution in [0.3, 0.4) is 0 Å². The molecule has 0 N–H and O–H groups in total.